The van der Waals surface area contributed by atoms with Crippen LogP contribution in [0.4, 0.5) is 0 Å². The van der Waals surface area contributed by atoms with E-state index in [1.807, 2.05) is 0 Å². The van der Waals surface area contributed by atoms with Crippen molar-refractivity contribution in [2.45, 2.75) is 6.42 Å². The van der Waals surface area contributed by atoms with E-state index in [-0.39, 0.29) is 17.5 Å². The largest absolute Gasteiger partial charge is 0.545 e. The Morgan fingerprint density at radius 2 is 1.11 bits per heavy atom. The normalized spacial score (nSPS) is 10.1. The molecule has 0 aromatic heterocycles. The highest BCUT2D eigenvalue weighted by molar-refractivity contribution is 5.89. The maximum absolute atomic E-state index is 11.0. The van der Waals surface area contributed by atoms with Crippen LogP contribution in [0.25, 0.3) is 0 Å². The van der Waals surface area contributed by atoms with Gasteiger partial charge in [-0.05, 0) is 17.5 Å². The lowest BCUT2D eigenvalue weighted by Gasteiger charge is -2.13. The van der Waals surface area contributed by atoms with Crippen molar-refractivity contribution in [1.82, 2.24) is 0 Å². The second-order valence-corrected chi connectivity index (χ2v) is 4.07. The molecule has 2 aromatic carbocycles. The molecule has 4 nitrogen and oxygen atoms in total. The lowest BCUT2D eigenvalue weighted by molar-refractivity contribution is -0.256. The quantitative estimate of drug-likeness (QED) is 0.769. The minimum Gasteiger partial charge on any atom is -0.545 e. The Balaban J connectivity index is 2.42. The molecule has 0 N–H and O–H groups in total. The van der Waals surface area contributed by atoms with Crippen LogP contribution >= 0.6 is 0 Å². The number of carbonyl (C=O) groups excluding carboxylic acids is 2. The second-order valence-electron chi connectivity index (χ2n) is 4.07. The number of carboxylic acids is 2. The van der Waals surface area contributed by atoms with E-state index >= 15 is 0 Å². The van der Waals surface area contributed by atoms with E-state index in [0.717, 1.165) is 0 Å². The van der Waals surface area contributed by atoms with Gasteiger partial charge >= 0.3 is 0 Å². The summed E-state index contributed by atoms with van der Waals surface area (Å²) in [7, 11) is 0. The highest BCUT2D eigenvalue weighted by Crippen LogP contribution is 2.17. The molecule has 0 atom stereocenters. The van der Waals surface area contributed by atoms with Crippen LogP contribution in [0.5, 0.6) is 0 Å². The van der Waals surface area contributed by atoms with Crippen molar-refractivity contribution in [2.24, 2.45) is 0 Å². The number of hydrogen-bond acceptors (Lipinski definition) is 4. The minimum atomic E-state index is -1.28. The first kappa shape index (κ1) is 12.8. The van der Waals surface area contributed by atoms with Crippen LogP contribution in [0, 0.1) is 0 Å². The summed E-state index contributed by atoms with van der Waals surface area (Å²) < 4.78 is 0. The van der Waals surface area contributed by atoms with Gasteiger partial charge in [-0.2, -0.15) is 0 Å². The second kappa shape index (κ2) is 5.35. The van der Waals surface area contributed by atoms with Crippen LogP contribution in [0.3, 0.4) is 0 Å². The fourth-order valence-electron chi connectivity index (χ4n) is 1.95. The predicted molar refractivity (Wildman–Crippen MR) is 64.4 cm³/mol. The molecule has 2 rings (SSSR count). The number of hydrogen-bond donors (Lipinski definition) is 0. The van der Waals surface area contributed by atoms with Crippen molar-refractivity contribution >= 4 is 11.9 Å². The van der Waals surface area contributed by atoms with E-state index in [1.54, 1.807) is 36.4 Å². The summed E-state index contributed by atoms with van der Waals surface area (Å²) in [6, 6.07) is 12.7. The van der Waals surface area contributed by atoms with E-state index in [1.165, 1.54) is 12.1 Å². The summed E-state index contributed by atoms with van der Waals surface area (Å²) in [5.74, 6) is -2.55. The number of rotatable bonds is 4. The average Bonchev–Trinajstić information content (AvgIpc) is 2.39. The first-order chi connectivity index (χ1) is 9.09. The fraction of sp³-hybridized carbons (Fsp3) is 0.0667. The third kappa shape index (κ3) is 2.80. The predicted octanol–water partition coefficient (Wildman–Crippen LogP) is 0.00440. The summed E-state index contributed by atoms with van der Waals surface area (Å²) in [5.41, 5.74) is 1.15. The molecule has 4 heteroatoms. The molecule has 0 heterocycles. The van der Waals surface area contributed by atoms with Crippen LogP contribution < -0.4 is 10.2 Å². The first-order valence-corrected chi connectivity index (χ1v) is 5.68. The average molecular weight is 254 g/mol. The molecule has 96 valence electrons. The molecule has 19 heavy (non-hydrogen) atoms. The monoisotopic (exact) mass is 254 g/mol. The molecule has 0 fully saturated rings. The van der Waals surface area contributed by atoms with E-state index < -0.39 is 11.9 Å². The van der Waals surface area contributed by atoms with Crippen LogP contribution in [-0.4, -0.2) is 11.9 Å². The van der Waals surface area contributed by atoms with Crippen molar-refractivity contribution < 1.29 is 19.8 Å². The molecule has 0 unspecified atom stereocenters. The maximum atomic E-state index is 11.0. The Morgan fingerprint density at radius 3 is 1.47 bits per heavy atom. The van der Waals surface area contributed by atoms with Gasteiger partial charge in [0.25, 0.3) is 0 Å². The van der Waals surface area contributed by atoms with Crippen LogP contribution in [0.15, 0.2) is 48.5 Å². The summed E-state index contributed by atoms with van der Waals surface area (Å²) >= 11 is 0. The Bertz CT molecular complexity index is 576. The molecule has 0 aliphatic heterocycles. The zero-order chi connectivity index (χ0) is 13.8. The fourth-order valence-corrected chi connectivity index (χ4v) is 1.95. The maximum Gasteiger partial charge on any atom is 0.0718 e. The molecule has 0 amide bonds. The van der Waals surface area contributed by atoms with Crippen LogP contribution in [0.1, 0.15) is 31.8 Å². The van der Waals surface area contributed by atoms with Crippen molar-refractivity contribution in [3.63, 3.8) is 0 Å². The smallest absolute Gasteiger partial charge is 0.0718 e. The van der Waals surface area contributed by atoms with E-state index in [4.69, 9.17) is 0 Å². The van der Waals surface area contributed by atoms with Crippen molar-refractivity contribution in [3.8, 4) is 0 Å². The zero-order valence-corrected chi connectivity index (χ0v) is 9.96. The van der Waals surface area contributed by atoms with E-state index in [9.17, 15) is 19.8 Å². The minimum absolute atomic E-state index is 0.0654. The van der Waals surface area contributed by atoms with Gasteiger partial charge in [-0.25, -0.2) is 0 Å². The van der Waals surface area contributed by atoms with Gasteiger partial charge in [0.05, 0.1) is 11.9 Å². The van der Waals surface area contributed by atoms with Gasteiger partial charge in [-0.1, -0.05) is 48.5 Å². The van der Waals surface area contributed by atoms with E-state index in [0.29, 0.717) is 11.1 Å². The number of carbonyl (C=O) groups is 2. The van der Waals surface area contributed by atoms with Gasteiger partial charge in [0, 0.05) is 11.1 Å². The van der Waals surface area contributed by atoms with Crippen LogP contribution in [0.2, 0.25) is 0 Å². The van der Waals surface area contributed by atoms with Crippen molar-refractivity contribution in [1.29, 1.82) is 0 Å². The summed E-state index contributed by atoms with van der Waals surface area (Å²) in [4.78, 5) is 22.0. The molecule has 0 spiro atoms. The lowest BCUT2D eigenvalue weighted by Crippen LogP contribution is -2.25. The topological polar surface area (TPSA) is 80.3 Å². The van der Waals surface area contributed by atoms with Gasteiger partial charge in [0.15, 0.2) is 0 Å². The SMILES string of the molecule is O=C([O-])c1ccccc1Cc1ccccc1C(=O)[O-]. The van der Waals surface area contributed by atoms with Gasteiger partial charge < -0.3 is 19.8 Å². The molecule has 0 bridgehead atoms. The molecule has 2 aromatic rings. The summed E-state index contributed by atoms with van der Waals surface area (Å²) in [6.45, 7) is 0. The highest BCUT2D eigenvalue weighted by atomic mass is 16.4. The molecular formula is C15H10O4-2. The van der Waals surface area contributed by atoms with Crippen LogP contribution in [-0.2, 0) is 6.42 Å². The van der Waals surface area contributed by atoms with Gasteiger partial charge in [0.1, 0.15) is 0 Å². The molecule has 0 aliphatic rings. The molecule has 0 radical (unpaired) electrons. The number of aromatic carboxylic acids is 2. The standard InChI is InChI=1S/C15H12O4/c16-14(17)12-7-3-1-5-10(12)9-11-6-2-4-8-13(11)15(18)19/h1-8H,9H2,(H,16,17)(H,18,19)/p-2. The van der Waals surface area contributed by atoms with Crippen molar-refractivity contribution in [2.75, 3.05) is 0 Å². The molecule has 0 aliphatic carbocycles. The molecule has 0 saturated carbocycles. The number of benzene rings is 2. The third-order valence-corrected chi connectivity index (χ3v) is 2.86. The Labute approximate surface area is 109 Å². The van der Waals surface area contributed by atoms with Gasteiger partial charge in [-0.3, -0.25) is 0 Å². The molecule has 0 saturated heterocycles. The zero-order valence-electron chi connectivity index (χ0n) is 9.96. The highest BCUT2D eigenvalue weighted by Gasteiger charge is 2.07. The van der Waals surface area contributed by atoms with Crippen molar-refractivity contribution in [3.05, 3.63) is 70.8 Å². The molecular weight excluding hydrogens is 244 g/mol. The number of carboxylic acid groups (broad SMARTS) is 2. The third-order valence-electron chi connectivity index (χ3n) is 2.86. The Hall–Kier alpha value is -2.62. The lowest BCUT2D eigenvalue weighted by atomic mass is 9.96. The van der Waals surface area contributed by atoms with E-state index in [2.05, 4.69) is 0 Å². The summed E-state index contributed by atoms with van der Waals surface area (Å²) in [6.07, 6.45) is 0.203. The first-order valence-electron chi connectivity index (χ1n) is 5.68. The Kier molecular flexibility index (Phi) is 3.61. The summed E-state index contributed by atoms with van der Waals surface area (Å²) in [5, 5.41) is 22.0. The van der Waals surface area contributed by atoms with Gasteiger partial charge in [0.2, 0.25) is 0 Å². The van der Waals surface area contributed by atoms with Gasteiger partial charge in [-0.15, -0.1) is 0 Å². The Morgan fingerprint density at radius 1 is 0.737 bits per heavy atom.